The number of phosphoric ester groups is 1. The van der Waals surface area contributed by atoms with Crippen molar-refractivity contribution in [3.8, 4) is 5.75 Å². The van der Waals surface area contributed by atoms with Gasteiger partial charge in [-0.1, -0.05) is 43.2 Å². The van der Waals surface area contributed by atoms with E-state index >= 15 is 0 Å². The lowest BCUT2D eigenvalue weighted by molar-refractivity contribution is -0.0364. The lowest BCUT2D eigenvalue weighted by atomic mass is 9.85. The summed E-state index contributed by atoms with van der Waals surface area (Å²) in [5.41, 5.74) is 1.40. The molecule has 1 atom stereocenters. The predicted molar refractivity (Wildman–Crippen MR) is 62.5 cm³/mol. The van der Waals surface area contributed by atoms with Crippen LogP contribution in [0, 0.1) is 6.92 Å². The maximum absolute atomic E-state index is 11.8. The average molecular weight is 262 g/mol. The molecule has 1 aromatic rings. The van der Waals surface area contributed by atoms with Gasteiger partial charge in [0.15, 0.2) is 0 Å². The molecule has 1 aromatic carbocycles. The van der Waals surface area contributed by atoms with E-state index in [2.05, 4.69) is 9.25 Å². The highest BCUT2D eigenvalue weighted by molar-refractivity contribution is 7.47. The molecule has 0 aliphatic rings. The maximum Gasteiger partial charge on any atom is 0.559 e. The van der Waals surface area contributed by atoms with E-state index in [1.807, 2.05) is 33.8 Å². The minimum atomic E-state index is -4.67. The van der Waals surface area contributed by atoms with E-state index in [9.17, 15) is 9.09 Å². The highest BCUT2D eigenvalue weighted by atomic mass is 31.2. The van der Waals surface area contributed by atoms with Gasteiger partial charge in [-0.3, -0.25) is 4.89 Å². The lowest BCUT2D eigenvalue weighted by Crippen LogP contribution is -2.13. The number of halogens is 1. The molecule has 17 heavy (non-hydrogen) atoms. The van der Waals surface area contributed by atoms with Crippen molar-refractivity contribution in [2.75, 3.05) is 0 Å². The molecular formula is C11H16FO4P. The summed E-state index contributed by atoms with van der Waals surface area (Å²) in [4.78, 5) is 8.97. The second kappa shape index (κ2) is 4.77. The Morgan fingerprint density at radius 1 is 1.35 bits per heavy atom. The highest BCUT2D eigenvalue weighted by Gasteiger charge is 2.28. The molecule has 0 heterocycles. The smallest absolute Gasteiger partial charge is 0.402 e. The molecule has 1 unspecified atom stereocenters. The Morgan fingerprint density at radius 2 is 1.94 bits per heavy atom. The third-order valence-electron chi connectivity index (χ3n) is 2.24. The molecule has 0 bridgehead atoms. The first-order chi connectivity index (χ1) is 7.65. The molecule has 0 spiro atoms. The SMILES string of the molecule is Cc1ccc(OP(=O)(O)OF)c(C(C)(C)C)c1. The van der Waals surface area contributed by atoms with Gasteiger partial charge in [-0.15, -0.1) is 0 Å². The van der Waals surface area contributed by atoms with Crippen molar-refractivity contribution in [2.24, 2.45) is 0 Å². The predicted octanol–water partition coefficient (Wildman–Crippen LogP) is 3.67. The minimum Gasteiger partial charge on any atom is -0.402 e. The van der Waals surface area contributed by atoms with Crippen LogP contribution < -0.4 is 4.52 Å². The van der Waals surface area contributed by atoms with Crippen LogP contribution in [-0.2, 0) is 14.7 Å². The van der Waals surface area contributed by atoms with E-state index in [1.54, 1.807) is 6.07 Å². The third kappa shape index (κ3) is 3.80. The van der Waals surface area contributed by atoms with Crippen molar-refractivity contribution in [1.82, 2.24) is 0 Å². The van der Waals surface area contributed by atoms with Gasteiger partial charge < -0.3 is 4.52 Å². The normalized spacial score (nSPS) is 15.4. The Kier molecular flexibility index (Phi) is 3.97. The summed E-state index contributed by atoms with van der Waals surface area (Å²) in [6, 6.07) is 5.06. The summed E-state index contributed by atoms with van der Waals surface area (Å²) in [5, 5.41) is 0. The van der Waals surface area contributed by atoms with Crippen molar-refractivity contribution >= 4 is 7.82 Å². The van der Waals surface area contributed by atoms with Crippen LogP contribution in [0.25, 0.3) is 0 Å². The highest BCUT2D eigenvalue weighted by Crippen LogP contribution is 2.46. The van der Waals surface area contributed by atoms with Crippen molar-refractivity contribution in [3.63, 3.8) is 0 Å². The fourth-order valence-corrected chi connectivity index (χ4v) is 1.88. The Morgan fingerprint density at radius 3 is 2.41 bits per heavy atom. The lowest BCUT2D eigenvalue weighted by Gasteiger charge is -2.23. The first-order valence-corrected chi connectivity index (χ1v) is 6.59. The van der Waals surface area contributed by atoms with Gasteiger partial charge in [0.05, 0.1) is 0 Å². The molecule has 4 nitrogen and oxygen atoms in total. The van der Waals surface area contributed by atoms with Crippen molar-refractivity contribution in [1.29, 1.82) is 0 Å². The molecule has 0 aliphatic heterocycles. The zero-order valence-corrected chi connectivity index (χ0v) is 11.1. The first kappa shape index (κ1) is 14.2. The van der Waals surface area contributed by atoms with Crippen molar-refractivity contribution < 1.29 is 23.2 Å². The molecule has 6 heteroatoms. The Hall–Kier alpha value is -0.900. The van der Waals surface area contributed by atoms with E-state index in [0.717, 1.165) is 5.56 Å². The number of rotatable bonds is 3. The second-order valence-electron chi connectivity index (χ2n) is 4.88. The van der Waals surface area contributed by atoms with Gasteiger partial charge >= 0.3 is 7.82 Å². The van der Waals surface area contributed by atoms with Gasteiger partial charge in [-0.2, -0.15) is 0 Å². The Bertz CT molecular complexity index is 453. The number of hydrogen-bond acceptors (Lipinski definition) is 3. The summed E-state index contributed by atoms with van der Waals surface area (Å²) < 4.78 is 30.5. The minimum absolute atomic E-state index is 0.145. The third-order valence-corrected chi connectivity index (χ3v) is 2.85. The summed E-state index contributed by atoms with van der Waals surface area (Å²) >= 11 is 0. The van der Waals surface area contributed by atoms with Crippen LogP contribution in [0.3, 0.4) is 0 Å². The van der Waals surface area contributed by atoms with Crippen LogP contribution in [0.2, 0.25) is 0 Å². The van der Waals surface area contributed by atoms with Gasteiger partial charge in [0.25, 0.3) is 0 Å². The van der Waals surface area contributed by atoms with Gasteiger partial charge in [-0.05, 0) is 22.9 Å². The summed E-state index contributed by atoms with van der Waals surface area (Å²) in [6.45, 7) is 7.66. The average Bonchev–Trinajstić information content (AvgIpc) is 2.19. The quantitative estimate of drug-likeness (QED) is 0.844. The van der Waals surface area contributed by atoms with E-state index in [4.69, 9.17) is 4.89 Å². The van der Waals surface area contributed by atoms with Crippen LogP contribution in [0.5, 0.6) is 5.75 Å². The molecule has 1 N–H and O–H groups in total. The van der Waals surface area contributed by atoms with E-state index in [-0.39, 0.29) is 11.2 Å². The van der Waals surface area contributed by atoms with Crippen molar-refractivity contribution in [3.05, 3.63) is 29.3 Å². The van der Waals surface area contributed by atoms with E-state index < -0.39 is 7.82 Å². The van der Waals surface area contributed by atoms with Gasteiger partial charge in [0.2, 0.25) is 0 Å². The standard InChI is InChI=1S/C11H16FO4P/c1-8-5-6-10(15-17(13,14)16-12)9(7-8)11(2,3)4/h5-7H,1-4H3,(H,13,14). The fourth-order valence-electron chi connectivity index (χ4n) is 1.45. The topological polar surface area (TPSA) is 55.8 Å². The zero-order chi connectivity index (χ0) is 13.3. The fraction of sp³-hybridized carbons (Fsp3) is 0.455. The number of phosphoric acid groups is 1. The summed E-state index contributed by atoms with van der Waals surface area (Å²) in [6.07, 6.45) is 0. The first-order valence-electron chi connectivity index (χ1n) is 5.09. The molecule has 0 radical (unpaired) electrons. The van der Waals surface area contributed by atoms with E-state index in [1.165, 1.54) is 6.07 Å². The molecule has 0 aliphatic carbocycles. The molecule has 0 saturated carbocycles. The largest absolute Gasteiger partial charge is 0.559 e. The molecule has 0 amide bonds. The van der Waals surface area contributed by atoms with Gasteiger partial charge in [-0.25, -0.2) is 4.57 Å². The molecular weight excluding hydrogens is 246 g/mol. The Labute approximate surface area is 99.9 Å². The zero-order valence-electron chi connectivity index (χ0n) is 10.2. The number of benzene rings is 1. The van der Waals surface area contributed by atoms with Crippen molar-refractivity contribution in [2.45, 2.75) is 33.1 Å². The monoisotopic (exact) mass is 262 g/mol. The van der Waals surface area contributed by atoms with Crippen LogP contribution in [0.4, 0.5) is 4.53 Å². The Balaban J connectivity index is 3.21. The van der Waals surface area contributed by atoms with Gasteiger partial charge in [0.1, 0.15) is 5.75 Å². The van der Waals surface area contributed by atoms with Crippen LogP contribution in [0.1, 0.15) is 31.9 Å². The molecule has 0 fully saturated rings. The molecule has 0 saturated heterocycles. The van der Waals surface area contributed by atoms with Crippen LogP contribution in [-0.4, -0.2) is 4.89 Å². The van der Waals surface area contributed by atoms with Crippen LogP contribution in [0.15, 0.2) is 18.2 Å². The second-order valence-corrected chi connectivity index (χ2v) is 6.14. The number of aryl methyl sites for hydroxylation is 1. The number of hydrogen-bond donors (Lipinski definition) is 1. The van der Waals surface area contributed by atoms with Crippen LogP contribution >= 0.6 is 7.82 Å². The maximum atomic E-state index is 11.8. The molecule has 1 rings (SSSR count). The van der Waals surface area contributed by atoms with Gasteiger partial charge in [0, 0.05) is 5.56 Å². The summed E-state index contributed by atoms with van der Waals surface area (Å²) in [5.74, 6) is 0.145. The molecule has 0 aromatic heterocycles. The summed E-state index contributed by atoms with van der Waals surface area (Å²) in [7, 11) is -4.67. The van der Waals surface area contributed by atoms with E-state index in [0.29, 0.717) is 5.56 Å². The molecule has 96 valence electrons.